The summed E-state index contributed by atoms with van der Waals surface area (Å²) in [6, 6.07) is 0. The van der Waals surface area contributed by atoms with Gasteiger partial charge in [0.2, 0.25) is 0 Å². The lowest BCUT2D eigenvalue weighted by atomic mass is 10.1. The Hall–Kier alpha value is -1.08. The van der Waals surface area contributed by atoms with Crippen LogP contribution in [0, 0.1) is 17.4 Å². The number of rotatable bonds is 2. The van der Waals surface area contributed by atoms with E-state index in [2.05, 4.69) is 4.99 Å². The van der Waals surface area contributed by atoms with Crippen molar-refractivity contribution in [2.75, 3.05) is 26.8 Å². The largest absolute Gasteiger partial charge is 0.381 e. The standard InChI is InChI=1S/C9H15N3O/c1-8(12(2)7-10)11-5-9-3-4-13-6-9/h9H,3-6H2,1-2H3. The molecule has 0 aromatic heterocycles. The first-order valence-electron chi connectivity index (χ1n) is 4.46. The SMILES string of the molecule is CC(=NCC1CCOC1)N(C)C#N. The summed E-state index contributed by atoms with van der Waals surface area (Å²) < 4.78 is 5.23. The molecule has 1 saturated heterocycles. The van der Waals surface area contributed by atoms with E-state index >= 15 is 0 Å². The first kappa shape index (κ1) is 10.0. The second-order valence-electron chi connectivity index (χ2n) is 3.28. The Morgan fingerprint density at radius 3 is 3.08 bits per heavy atom. The molecule has 4 nitrogen and oxygen atoms in total. The summed E-state index contributed by atoms with van der Waals surface area (Å²) in [5, 5.41) is 8.57. The summed E-state index contributed by atoms with van der Waals surface area (Å²) in [5.41, 5.74) is 0. The second kappa shape index (κ2) is 4.83. The van der Waals surface area contributed by atoms with Crippen LogP contribution in [0.1, 0.15) is 13.3 Å². The van der Waals surface area contributed by atoms with Gasteiger partial charge in [0, 0.05) is 26.1 Å². The number of amidine groups is 1. The highest BCUT2D eigenvalue weighted by Gasteiger charge is 2.14. The molecule has 1 aliphatic rings. The van der Waals surface area contributed by atoms with E-state index in [0.29, 0.717) is 5.92 Å². The van der Waals surface area contributed by atoms with Crippen molar-refractivity contribution in [3.05, 3.63) is 0 Å². The van der Waals surface area contributed by atoms with Gasteiger partial charge < -0.3 is 4.74 Å². The van der Waals surface area contributed by atoms with E-state index in [1.54, 1.807) is 7.05 Å². The number of nitriles is 1. The first-order valence-corrected chi connectivity index (χ1v) is 4.46. The molecule has 1 rings (SSSR count). The average molecular weight is 181 g/mol. The number of aliphatic imine (C=N–C) groups is 1. The summed E-state index contributed by atoms with van der Waals surface area (Å²) >= 11 is 0. The summed E-state index contributed by atoms with van der Waals surface area (Å²) in [6.45, 7) is 4.29. The molecule has 0 amide bonds. The summed E-state index contributed by atoms with van der Waals surface area (Å²) in [6.07, 6.45) is 3.10. The lowest BCUT2D eigenvalue weighted by Gasteiger charge is -2.09. The molecule has 1 atom stereocenters. The Labute approximate surface area is 78.8 Å². The van der Waals surface area contributed by atoms with Gasteiger partial charge in [0.1, 0.15) is 5.84 Å². The first-order chi connectivity index (χ1) is 6.24. The van der Waals surface area contributed by atoms with E-state index < -0.39 is 0 Å². The fraction of sp³-hybridized carbons (Fsp3) is 0.778. The average Bonchev–Trinajstić information content (AvgIpc) is 2.65. The lowest BCUT2D eigenvalue weighted by molar-refractivity contribution is 0.187. The van der Waals surface area contributed by atoms with Crippen LogP contribution >= 0.6 is 0 Å². The zero-order valence-electron chi connectivity index (χ0n) is 8.16. The Morgan fingerprint density at radius 1 is 1.77 bits per heavy atom. The zero-order chi connectivity index (χ0) is 9.68. The van der Waals surface area contributed by atoms with Gasteiger partial charge in [-0.15, -0.1) is 0 Å². The van der Waals surface area contributed by atoms with E-state index in [4.69, 9.17) is 10.00 Å². The van der Waals surface area contributed by atoms with E-state index in [1.165, 1.54) is 4.90 Å². The fourth-order valence-corrected chi connectivity index (χ4v) is 1.17. The predicted octanol–water partition coefficient (Wildman–Crippen LogP) is 0.854. The van der Waals surface area contributed by atoms with Gasteiger partial charge in [-0.05, 0) is 13.3 Å². The van der Waals surface area contributed by atoms with Gasteiger partial charge in [0.25, 0.3) is 0 Å². The topological polar surface area (TPSA) is 48.6 Å². The van der Waals surface area contributed by atoms with E-state index in [0.717, 1.165) is 32.0 Å². The van der Waals surface area contributed by atoms with Crippen LogP contribution in [0.2, 0.25) is 0 Å². The molecule has 0 saturated carbocycles. The number of ether oxygens (including phenoxy) is 1. The Kier molecular flexibility index (Phi) is 3.71. The third-order valence-corrected chi connectivity index (χ3v) is 2.24. The summed E-state index contributed by atoms with van der Waals surface area (Å²) in [4.78, 5) is 5.79. The molecule has 0 N–H and O–H groups in total. The molecule has 0 radical (unpaired) electrons. The van der Waals surface area contributed by atoms with Crippen LogP contribution in [0.5, 0.6) is 0 Å². The van der Waals surface area contributed by atoms with Crippen molar-refractivity contribution in [1.82, 2.24) is 4.90 Å². The van der Waals surface area contributed by atoms with Gasteiger partial charge >= 0.3 is 0 Å². The molecule has 1 heterocycles. The van der Waals surface area contributed by atoms with Crippen molar-refractivity contribution in [3.8, 4) is 6.19 Å². The van der Waals surface area contributed by atoms with Crippen molar-refractivity contribution in [2.24, 2.45) is 10.9 Å². The lowest BCUT2D eigenvalue weighted by Crippen LogP contribution is -2.19. The van der Waals surface area contributed by atoms with Crippen molar-refractivity contribution in [3.63, 3.8) is 0 Å². The minimum absolute atomic E-state index is 0.544. The van der Waals surface area contributed by atoms with Crippen LogP contribution in [-0.4, -0.2) is 37.5 Å². The number of hydrogen-bond donors (Lipinski definition) is 0. The molecule has 13 heavy (non-hydrogen) atoms. The maximum atomic E-state index is 8.57. The summed E-state index contributed by atoms with van der Waals surface area (Å²) in [7, 11) is 1.71. The minimum atomic E-state index is 0.544. The van der Waals surface area contributed by atoms with Crippen molar-refractivity contribution < 1.29 is 4.74 Å². The molecule has 1 aliphatic heterocycles. The highest BCUT2D eigenvalue weighted by Crippen LogP contribution is 2.12. The molecular weight excluding hydrogens is 166 g/mol. The molecule has 4 heteroatoms. The molecular formula is C9H15N3O. The van der Waals surface area contributed by atoms with E-state index in [1.807, 2.05) is 13.1 Å². The normalized spacial score (nSPS) is 22.8. The smallest absolute Gasteiger partial charge is 0.184 e. The molecule has 72 valence electrons. The van der Waals surface area contributed by atoms with E-state index in [9.17, 15) is 0 Å². The number of nitrogens with zero attached hydrogens (tertiary/aromatic N) is 3. The van der Waals surface area contributed by atoms with Crippen LogP contribution in [-0.2, 0) is 4.74 Å². The quantitative estimate of drug-likeness (QED) is 0.275. The van der Waals surface area contributed by atoms with Gasteiger partial charge in [0.05, 0.1) is 6.61 Å². The zero-order valence-corrected chi connectivity index (χ0v) is 8.16. The van der Waals surface area contributed by atoms with Crippen molar-refractivity contribution >= 4 is 5.84 Å². The number of hydrogen-bond acceptors (Lipinski definition) is 3. The molecule has 1 fully saturated rings. The highest BCUT2D eigenvalue weighted by atomic mass is 16.5. The van der Waals surface area contributed by atoms with Crippen molar-refractivity contribution in [1.29, 1.82) is 5.26 Å². The fourth-order valence-electron chi connectivity index (χ4n) is 1.17. The van der Waals surface area contributed by atoms with Crippen LogP contribution in [0.3, 0.4) is 0 Å². The Balaban J connectivity index is 2.34. The minimum Gasteiger partial charge on any atom is -0.381 e. The molecule has 0 aromatic carbocycles. The van der Waals surface area contributed by atoms with Crippen LogP contribution in [0.4, 0.5) is 0 Å². The Bertz CT molecular complexity index is 226. The molecule has 0 bridgehead atoms. The van der Waals surface area contributed by atoms with Gasteiger partial charge in [-0.3, -0.25) is 9.89 Å². The van der Waals surface area contributed by atoms with Crippen LogP contribution in [0.15, 0.2) is 4.99 Å². The van der Waals surface area contributed by atoms with E-state index in [-0.39, 0.29) is 0 Å². The second-order valence-corrected chi connectivity index (χ2v) is 3.28. The third kappa shape index (κ3) is 3.03. The monoisotopic (exact) mass is 181 g/mol. The molecule has 0 aromatic rings. The maximum Gasteiger partial charge on any atom is 0.184 e. The highest BCUT2D eigenvalue weighted by molar-refractivity contribution is 5.80. The maximum absolute atomic E-state index is 8.57. The predicted molar refractivity (Wildman–Crippen MR) is 50.3 cm³/mol. The van der Waals surface area contributed by atoms with Crippen LogP contribution < -0.4 is 0 Å². The molecule has 0 spiro atoms. The van der Waals surface area contributed by atoms with Crippen molar-refractivity contribution in [2.45, 2.75) is 13.3 Å². The summed E-state index contributed by atoms with van der Waals surface area (Å²) in [5.74, 6) is 1.32. The Morgan fingerprint density at radius 2 is 2.54 bits per heavy atom. The molecule has 1 unspecified atom stereocenters. The van der Waals surface area contributed by atoms with Gasteiger partial charge in [0.15, 0.2) is 6.19 Å². The molecule has 0 aliphatic carbocycles. The third-order valence-electron chi connectivity index (χ3n) is 2.24. The van der Waals surface area contributed by atoms with Gasteiger partial charge in [-0.25, -0.2) is 0 Å². The van der Waals surface area contributed by atoms with Crippen LogP contribution in [0.25, 0.3) is 0 Å². The van der Waals surface area contributed by atoms with Gasteiger partial charge in [-0.2, -0.15) is 5.26 Å². The van der Waals surface area contributed by atoms with Gasteiger partial charge in [-0.1, -0.05) is 0 Å².